The smallest absolute Gasteiger partial charge is 0.247 e. The second kappa shape index (κ2) is 5.33. The lowest BCUT2D eigenvalue weighted by Gasteiger charge is -2.60. The number of halogens is 1. The lowest BCUT2D eigenvalue weighted by Crippen LogP contribution is -2.61. The highest BCUT2D eigenvalue weighted by atomic mass is 79.9. The number of nitrogens with zero attached hydrogens (tertiary/aromatic N) is 3. The third-order valence-corrected chi connectivity index (χ3v) is 7.44. The molecule has 23 heavy (non-hydrogen) atoms. The monoisotopic (exact) mass is 379 g/mol. The largest absolute Gasteiger partial charge is 0.338 e. The van der Waals surface area contributed by atoms with Crippen LogP contribution in [0.15, 0.2) is 10.7 Å². The van der Waals surface area contributed by atoms with Gasteiger partial charge in [0, 0.05) is 18.8 Å². The van der Waals surface area contributed by atoms with Crippen molar-refractivity contribution in [1.82, 2.24) is 14.7 Å². The lowest BCUT2D eigenvalue weighted by molar-refractivity contribution is -0.150. The van der Waals surface area contributed by atoms with Crippen molar-refractivity contribution in [3.63, 3.8) is 0 Å². The van der Waals surface area contributed by atoms with E-state index in [2.05, 4.69) is 25.9 Å². The normalized spacial score (nSPS) is 36.3. The summed E-state index contributed by atoms with van der Waals surface area (Å²) in [7, 11) is 2.04. The van der Waals surface area contributed by atoms with Crippen LogP contribution < -0.4 is 0 Å². The molecule has 4 aliphatic carbocycles. The Morgan fingerprint density at radius 3 is 2.26 bits per heavy atom. The Hall–Kier alpha value is -0.840. The van der Waals surface area contributed by atoms with E-state index >= 15 is 0 Å². The third-order valence-electron chi connectivity index (χ3n) is 6.66. The van der Waals surface area contributed by atoms with E-state index in [1.807, 2.05) is 27.1 Å². The topological polar surface area (TPSA) is 38.1 Å². The number of hydrogen-bond donors (Lipinski definition) is 0. The second-order valence-corrected chi connectivity index (χ2v) is 9.11. The van der Waals surface area contributed by atoms with Crippen molar-refractivity contribution in [3.8, 4) is 0 Å². The van der Waals surface area contributed by atoms with Gasteiger partial charge in [-0.3, -0.25) is 9.48 Å². The van der Waals surface area contributed by atoms with Gasteiger partial charge in [0.2, 0.25) is 5.91 Å². The van der Waals surface area contributed by atoms with E-state index < -0.39 is 0 Å². The zero-order valence-corrected chi connectivity index (χ0v) is 15.8. The van der Waals surface area contributed by atoms with Gasteiger partial charge in [0.25, 0.3) is 0 Å². The standard InChI is InChI=1S/C18H26BrN3O/c1-11-16(19)10-22(20-11)12(2)17(23)21(3)18-7-13-4-14(8-18)6-15(5-13)9-18/h10,12-15H,4-9H2,1-3H3/t12-,13?,14?,15?,18?/m1/s1. The number of rotatable bonds is 3. The summed E-state index contributed by atoms with van der Waals surface area (Å²) in [5.74, 6) is 2.77. The molecule has 0 aliphatic heterocycles. The molecule has 5 heteroatoms. The Bertz CT molecular complexity index is 583. The van der Waals surface area contributed by atoms with Gasteiger partial charge in [-0.15, -0.1) is 0 Å². The molecule has 4 bridgehead atoms. The molecule has 4 nitrogen and oxygen atoms in total. The number of likely N-dealkylation sites (N-methyl/N-ethyl adjacent to an activating group) is 1. The molecule has 1 heterocycles. The highest BCUT2D eigenvalue weighted by Gasteiger charge is 2.54. The summed E-state index contributed by atoms with van der Waals surface area (Å²) < 4.78 is 2.77. The summed E-state index contributed by atoms with van der Waals surface area (Å²) >= 11 is 3.49. The Kier molecular flexibility index (Phi) is 3.63. The van der Waals surface area contributed by atoms with Crippen LogP contribution in [0.2, 0.25) is 0 Å². The number of aromatic nitrogens is 2. The van der Waals surface area contributed by atoms with Crippen molar-refractivity contribution in [3.05, 3.63) is 16.4 Å². The first-order chi connectivity index (χ1) is 10.9. The van der Waals surface area contributed by atoms with Crippen molar-refractivity contribution in [2.45, 2.75) is 64.0 Å². The highest BCUT2D eigenvalue weighted by molar-refractivity contribution is 9.10. The van der Waals surface area contributed by atoms with Crippen LogP contribution in [0.25, 0.3) is 0 Å². The Labute approximate surface area is 146 Å². The van der Waals surface area contributed by atoms with E-state index in [0.717, 1.165) is 27.9 Å². The Morgan fingerprint density at radius 1 is 1.30 bits per heavy atom. The molecule has 0 spiro atoms. The minimum absolute atomic E-state index is 0.125. The molecule has 4 aliphatic rings. The van der Waals surface area contributed by atoms with E-state index in [9.17, 15) is 4.79 Å². The molecular weight excluding hydrogens is 354 g/mol. The number of hydrogen-bond acceptors (Lipinski definition) is 2. The Balaban J connectivity index is 1.56. The molecule has 5 rings (SSSR count). The first-order valence-electron chi connectivity index (χ1n) is 8.87. The minimum Gasteiger partial charge on any atom is -0.338 e. The lowest BCUT2D eigenvalue weighted by atomic mass is 9.52. The number of amides is 1. The van der Waals surface area contributed by atoms with Crippen LogP contribution in [0.4, 0.5) is 0 Å². The number of carbonyl (C=O) groups excluding carboxylic acids is 1. The van der Waals surface area contributed by atoms with Crippen LogP contribution in [0.3, 0.4) is 0 Å². The van der Waals surface area contributed by atoms with Crippen molar-refractivity contribution < 1.29 is 4.79 Å². The van der Waals surface area contributed by atoms with Gasteiger partial charge in [-0.05, 0) is 86.1 Å². The molecule has 4 saturated carbocycles. The molecule has 1 aromatic rings. The third kappa shape index (κ3) is 2.46. The highest BCUT2D eigenvalue weighted by Crippen LogP contribution is 2.57. The van der Waals surface area contributed by atoms with Crippen LogP contribution in [0.1, 0.15) is 57.2 Å². The van der Waals surface area contributed by atoms with Gasteiger partial charge in [-0.25, -0.2) is 0 Å². The molecule has 1 aromatic heterocycles. The number of carbonyl (C=O) groups is 1. The first-order valence-corrected chi connectivity index (χ1v) is 9.66. The molecule has 0 saturated heterocycles. The van der Waals surface area contributed by atoms with Gasteiger partial charge in [-0.2, -0.15) is 5.10 Å². The molecule has 0 radical (unpaired) electrons. The molecule has 0 N–H and O–H groups in total. The van der Waals surface area contributed by atoms with Crippen molar-refractivity contribution >= 4 is 21.8 Å². The van der Waals surface area contributed by atoms with Crippen LogP contribution >= 0.6 is 15.9 Å². The van der Waals surface area contributed by atoms with Crippen LogP contribution in [0, 0.1) is 24.7 Å². The summed E-state index contributed by atoms with van der Waals surface area (Å²) in [4.78, 5) is 15.2. The summed E-state index contributed by atoms with van der Waals surface area (Å²) in [6, 6.07) is -0.238. The van der Waals surface area contributed by atoms with E-state index in [4.69, 9.17) is 0 Å². The van der Waals surface area contributed by atoms with Gasteiger partial charge in [0.15, 0.2) is 0 Å². The maximum atomic E-state index is 13.1. The predicted octanol–water partition coefficient (Wildman–Crippen LogP) is 3.94. The second-order valence-electron chi connectivity index (χ2n) is 8.26. The van der Waals surface area contributed by atoms with Gasteiger partial charge in [0.05, 0.1) is 10.2 Å². The first kappa shape index (κ1) is 15.7. The van der Waals surface area contributed by atoms with Crippen molar-refractivity contribution in [1.29, 1.82) is 0 Å². The summed E-state index contributed by atoms with van der Waals surface area (Å²) in [5, 5.41) is 4.48. The van der Waals surface area contributed by atoms with E-state index in [1.54, 1.807) is 4.68 Å². The fourth-order valence-electron chi connectivity index (χ4n) is 5.76. The van der Waals surface area contributed by atoms with Crippen LogP contribution in [0.5, 0.6) is 0 Å². The fourth-order valence-corrected chi connectivity index (χ4v) is 6.05. The molecule has 0 aromatic carbocycles. The number of aryl methyl sites for hydroxylation is 1. The van der Waals surface area contributed by atoms with Gasteiger partial charge in [0.1, 0.15) is 6.04 Å². The SMILES string of the molecule is Cc1nn([C@H](C)C(=O)N(C)C23CC4CC(CC(C4)C2)C3)cc1Br. The summed E-state index contributed by atoms with van der Waals surface area (Å²) in [6.07, 6.45) is 9.79. The van der Waals surface area contributed by atoms with E-state index in [-0.39, 0.29) is 17.5 Å². The average molecular weight is 380 g/mol. The predicted molar refractivity (Wildman–Crippen MR) is 93.0 cm³/mol. The molecule has 1 atom stereocenters. The van der Waals surface area contributed by atoms with Gasteiger partial charge < -0.3 is 4.90 Å². The molecule has 1 amide bonds. The molecular formula is C18H26BrN3O. The van der Waals surface area contributed by atoms with Gasteiger partial charge >= 0.3 is 0 Å². The van der Waals surface area contributed by atoms with Crippen molar-refractivity contribution in [2.24, 2.45) is 17.8 Å². The molecule has 126 valence electrons. The fraction of sp³-hybridized carbons (Fsp3) is 0.778. The molecule has 0 unspecified atom stereocenters. The summed E-state index contributed by atoms with van der Waals surface area (Å²) in [5.41, 5.74) is 1.06. The quantitative estimate of drug-likeness (QED) is 0.797. The zero-order valence-electron chi connectivity index (χ0n) is 14.3. The Morgan fingerprint density at radius 2 is 1.83 bits per heavy atom. The van der Waals surface area contributed by atoms with Crippen LogP contribution in [-0.2, 0) is 4.79 Å². The summed E-state index contributed by atoms with van der Waals surface area (Å²) in [6.45, 7) is 3.93. The maximum Gasteiger partial charge on any atom is 0.247 e. The minimum atomic E-state index is -0.238. The van der Waals surface area contributed by atoms with E-state index in [1.165, 1.54) is 38.5 Å². The van der Waals surface area contributed by atoms with Gasteiger partial charge in [-0.1, -0.05) is 0 Å². The van der Waals surface area contributed by atoms with Crippen molar-refractivity contribution in [2.75, 3.05) is 7.05 Å². The maximum absolute atomic E-state index is 13.1. The van der Waals surface area contributed by atoms with E-state index in [0.29, 0.717) is 0 Å². The van der Waals surface area contributed by atoms with Crippen LogP contribution in [-0.4, -0.2) is 33.2 Å². The zero-order chi connectivity index (χ0) is 16.4. The average Bonchev–Trinajstić information content (AvgIpc) is 2.83. The molecule has 4 fully saturated rings.